The Hall–Kier alpha value is -2.41. The largest absolute Gasteiger partial charge is 0.312 e. The molecule has 0 bridgehead atoms. The highest BCUT2D eigenvalue weighted by molar-refractivity contribution is 7.92. The van der Waals surface area contributed by atoms with E-state index in [-0.39, 0.29) is 23.0 Å². The number of sulfonamides is 1. The zero-order chi connectivity index (χ0) is 18.3. The van der Waals surface area contributed by atoms with Gasteiger partial charge in [-0.3, -0.25) is 9.10 Å². The van der Waals surface area contributed by atoms with Crippen LogP contribution in [0.2, 0.25) is 0 Å². The molecule has 0 unspecified atom stereocenters. The van der Waals surface area contributed by atoms with Crippen LogP contribution in [0.25, 0.3) is 0 Å². The summed E-state index contributed by atoms with van der Waals surface area (Å²) in [5, 5.41) is 0. The van der Waals surface area contributed by atoms with Gasteiger partial charge in [0.25, 0.3) is 10.0 Å². The fourth-order valence-electron chi connectivity index (χ4n) is 3.65. The number of fused-ring (bicyclic) bond motifs is 1. The first-order valence-corrected chi connectivity index (χ1v) is 10.1. The molecule has 2 aliphatic heterocycles. The van der Waals surface area contributed by atoms with Gasteiger partial charge in [0, 0.05) is 25.2 Å². The molecule has 26 heavy (non-hydrogen) atoms. The molecule has 0 atom stereocenters. The number of hydrogen-bond donors (Lipinski definition) is 0. The van der Waals surface area contributed by atoms with Gasteiger partial charge in [-0.1, -0.05) is 12.1 Å². The lowest BCUT2D eigenvalue weighted by atomic mass is 10.0. The zero-order valence-electron chi connectivity index (χ0n) is 14.2. The molecule has 1 saturated heterocycles. The fourth-order valence-corrected chi connectivity index (χ4v) is 5.20. The molecule has 2 aromatic carbocycles. The number of rotatable bonds is 3. The van der Waals surface area contributed by atoms with Crippen LogP contribution < -0.4 is 9.21 Å². The van der Waals surface area contributed by atoms with Gasteiger partial charge >= 0.3 is 0 Å². The number of amides is 1. The summed E-state index contributed by atoms with van der Waals surface area (Å²) in [5.74, 6) is -0.474. The van der Waals surface area contributed by atoms with Crippen LogP contribution in [0.1, 0.15) is 24.8 Å². The van der Waals surface area contributed by atoms with Gasteiger partial charge < -0.3 is 4.90 Å². The van der Waals surface area contributed by atoms with Gasteiger partial charge in [-0.05, 0) is 55.2 Å². The molecule has 0 radical (unpaired) electrons. The van der Waals surface area contributed by atoms with Crippen LogP contribution in [0.3, 0.4) is 0 Å². The third kappa shape index (κ3) is 2.76. The topological polar surface area (TPSA) is 57.7 Å². The zero-order valence-corrected chi connectivity index (χ0v) is 15.0. The highest BCUT2D eigenvalue weighted by Crippen LogP contribution is 2.34. The van der Waals surface area contributed by atoms with Gasteiger partial charge in [0.2, 0.25) is 5.91 Å². The predicted molar refractivity (Wildman–Crippen MR) is 97.3 cm³/mol. The number of carbonyl (C=O) groups is 1. The lowest BCUT2D eigenvalue weighted by Gasteiger charge is -2.30. The molecule has 0 N–H and O–H groups in total. The van der Waals surface area contributed by atoms with Crippen molar-refractivity contribution in [3.63, 3.8) is 0 Å². The molecule has 0 aromatic heterocycles. The molecule has 2 aromatic rings. The quantitative estimate of drug-likeness (QED) is 0.830. The third-order valence-electron chi connectivity index (χ3n) is 4.94. The van der Waals surface area contributed by atoms with Gasteiger partial charge in [0.1, 0.15) is 5.82 Å². The van der Waals surface area contributed by atoms with Crippen LogP contribution in [0.15, 0.2) is 47.4 Å². The minimum atomic E-state index is -3.86. The van der Waals surface area contributed by atoms with Crippen molar-refractivity contribution in [1.82, 2.24) is 0 Å². The van der Waals surface area contributed by atoms with E-state index in [9.17, 15) is 17.6 Å². The first kappa shape index (κ1) is 17.0. The van der Waals surface area contributed by atoms with Gasteiger partial charge in [-0.2, -0.15) is 0 Å². The van der Waals surface area contributed by atoms with Crippen molar-refractivity contribution in [3.8, 4) is 0 Å². The van der Waals surface area contributed by atoms with E-state index in [1.165, 1.54) is 18.2 Å². The first-order valence-electron chi connectivity index (χ1n) is 8.69. The van der Waals surface area contributed by atoms with Crippen LogP contribution in [-0.2, 0) is 21.2 Å². The molecule has 1 fully saturated rings. The summed E-state index contributed by atoms with van der Waals surface area (Å²) in [7, 11) is -3.86. The molecular formula is C19H19FN2O3S. The van der Waals surface area contributed by atoms with Gasteiger partial charge in [0.05, 0.1) is 10.6 Å². The van der Waals surface area contributed by atoms with Crippen LogP contribution >= 0.6 is 0 Å². The van der Waals surface area contributed by atoms with Crippen molar-refractivity contribution < 1.29 is 17.6 Å². The van der Waals surface area contributed by atoms with E-state index in [1.54, 1.807) is 29.2 Å². The average molecular weight is 374 g/mol. The first-order chi connectivity index (χ1) is 12.5. The number of carbonyl (C=O) groups excluding carboxylic acids is 1. The fraction of sp³-hybridized carbons (Fsp3) is 0.316. The monoisotopic (exact) mass is 374 g/mol. The number of halogens is 1. The number of hydrogen-bond acceptors (Lipinski definition) is 3. The molecule has 4 rings (SSSR count). The number of para-hydroxylation sites is 1. The van der Waals surface area contributed by atoms with Gasteiger partial charge in [0.15, 0.2) is 0 Å². The summed E-state index contributed by atoms with van der Waals surface area (Å²) in [4.78, 5) is 13.6. The van der Waals surface area contributed by atoms with Crippen molar-refractivity contribution in [3.05, 3.63) is 53.8 Å². The van der Waals surface area contributed by atoms with Gasteiger partial charge in [-0.15, -0.1) is 0 Å². The lowest BCUT2D eigenvalue weighted by molar-refractivity contribution is -0.117. The Morgan fingerprint density at radius 3 is 2.35 bits per heavy atom. The SMILES string of the molecule is O=C1CCCN1c1ccc(S(=O)(=O)N2CCCc3cccc(F)c32)cc1. The Bertz CT molecular complexity index is 957. The average Bonchev–Trinajstić information content (AvgIpc) is 3.07. The molecule has 7 heteroatoms. The molecule has 2 aliphatic rings. The van der Waals surface area contributed by atoms with Crippen molar-refractivity contribution in [1.29, 1.82) is 0 Å². The van der Waals surface area contributed by atoms with Crippen molar-refractivity contribution in [2.75, 3.05) is 22.3 Å². The molecule has 5 nitrogen and oxygen atoms in total. The maximum atomic E-state index is 14.3. The lowest BCUT2D eigenvalue weighted by Crippen LogP contribution is -2.36. The normalized spacial score (nSPS) is 17.5. The van der Waals surface area contributed by atoms with Crippen LogP contribution in [0, 0.1) is 5.82 Å². The van der Waals surface area contributed by atoms with E-state index < -0.39 is 15.8 Å². The Balaban J connectivity index is 1.69. The summed E-state index contributed by atoms with van der Waals surface area (Å²) in [6.45, 7) is 0.901. The van der Waals surface area contributed by atoms with E-state index in [0.717, 1.165) is 10.7 Å². The molecule has 2 heterocycles. The molecule has 0 saturated carbocycles. The second kappa shape index (κ2) is 6.39. The maximum absolute atomic E-state index is 14.3. The molecular weight excluding hydrogens is 355 g/mol. The smallest absolute Gasteiger partial charge is 0.264 e. The van der Waals surface area contributed by atoms with Gasteiger partial charge in [-0.25, -0.2) is 12.8 Å². The summed E-state index contributed by atoms with van der Waals surface area (Å²) in [6, 6.07) is 10.9. The number of aryl methyl sites for hydroxylation is 1. The van der Waals surface area contributed by atoms with Crippen LogP contribution in [0.4, 0.5) is 15.8 Å². The number of benzene rings is 2. The summed E-state index contributed by atoms with van der Waals surface area (Å²) < 4.78 is 41.6. The summed E-state index contributed by atoms with van der Waals surface area (Å²) in [6.07, 6.45) is 2.64. The molecule has 1 amide bonds. The van der Waals surface area contributed by atoms with E-state index in [1.807, 2.05) is 0 Å². The van der Waals surface area contributed by atoms with Crippen LogP contribution in [0.5, 0.6) is 0 Å². The number of nitrogens with zero attached hydrogens (tertiary/aromatic N) is 2. The third-order valence-corrected chi connectivity index (χ3v) is 6.75. The standard InChI is InChI=1S/C19H19FN2O3S/c20-17-6-1-4-14-5-2-13-22(19(14)17)26(24,25)16-10-8-15(9-11-16)21-12-3-7-18(21)23/h1,4,6,8-11H,2-3,5,7,12-13H2. The predicted octanol–water partition coefficient (Wildman–Crippen LogP) is 3.09. The Labute approximate surface area is 152 Å². The van der Waals surface area contributed by atoms with E-state index in [2.05, 4.69) is 0 Å². The van der Waals surface area contributed by atoms with Crippen molar-refractivity contribution in [2.24, 2.45) is 0 Å². The Kier molecular flexibility index (Phi) is 4.19. The second-order valence-electron chi connectivity index (χ2n) is 6.57. The summed E-state index contributed by atoms with van der Waals surface area (Å²) >= 11 is 0. The van der Waals surface area contributed by atoms with Crippen LogP contribution in [-0.4, -0.2) is 27.4 Å². The highest BCUT2D eigenvalue weighted by atomic mass is 32.2. The minimum absolute atomic E-state index is 0.0487. The maximum Gasteiger partial charge on any atom is 0.264 e. The number of anilines is 2. The second-order valence-corrected chi connectivity index (χ2v) is 8.43. The summed E-state index contributed by atoms with van der Waals surface area (Å²) in [5.41, 5.74) is 1.55. The van der Waals surface area contributed by atoms with Crippen molar-refractivity contribution in [2.45, 2.75) is 30.6 Å². The highest BCUT2D eigenvalue weighted by Gasteiger charge is 2.31. The molecule has 0 spiro atoms. The van der Waals surface area contributed by atoms with E-state index in [4.69, 9.17) is 0 Å². The molecule has 136 valence electrons. The minimum Gasteiger partial charge on any atom is -0.312 e. The van der Waals surface area contributed by atoms with E-state index in [0.29, 0.717) is 37.1 Å². The van der Waals surface area contributed by atoms with E-state index >= 15 is 0 Å². The Morgan fingerprint density at radius 1 is 0.923 bits per heavy atom. The molecule has 0 aliphatic carbocycles. The van der Waals surface area contributed by atoms with Crippen molar-refractivity contribution >= 4 is 27.3 Å². The Morgan fingerprint density at radius 2 is 1.65 bits per heavy atom.